The van der Waals surface area contributed by atoms with E-state index in [-0.39, 0.29) is 54.7 Å². The fourth-order valence-corrected chi connectivity index (χ4v) is 8.14. The van der Waals surface area contributed by atoms with E-state index < -0.39 is 17.5 Å². The molecule has 4 aromatic rings. The molecule has 11 heteroatoms. The zero-order valence-electron chi connectivity index (χ0n) is 29.9. The Kier molecular flexibility index (Phi) is 9.92. The van der Waals surface area contributed by atoms with Crippen molar-refractivity contribution in [2.75, 3.05) is 38.2 Å². The molecule has 1 N–H and O–H groups in total. The average Bonchev–Trinajstić information content (AvgIpc) is 3.72. The van der Waals surface area contributed by atoms with Crippen molar-refractivity contribution in [1.82, 2.24) is 19.8 Å². The number of fused-ring (bicyclic) bond motifs is 2. The number of hydrogen-bond acceptors (Lipinski definition) is 7. The van der Waals surface area contributed by atoms with E-state index in [0.717, 1.165) is 29.5 Å². The molecule has 0 bridgehead atoms. The van der Waals surface area contributed by atoms with Gasteiger partial charge in [0.05, 0.1) is 16.8 Å². The molecular formula is C42H42F3N5O3. The number of likely N-dealkylation sites (N-methyl/N-ethyl adjacent to an activating group) is 1. The van der Waals surface area contributed by atoms with Crippen LogP contribution in [-0.4, -0.2) is 81.8 Å². The maximum atomic E-state index is 15.0. The number of anilines is 1. The van der Waals surface area contributed by atoms with Gasteiger partial charge in [0.15, 0.2) is 0 Å². The highest BCUT2D eigenvalue weighted by Crippen LogP contribution is 2.41. The first-order valence-corrected chi connectivity index (χ1v) is 17.9. The molecule has 7 rings (SSSR count). The molecule has 0 spiro atoms. The number of phenolic OH excluding ortho intramolecular Hbond substituents is 1. The highest BCUT2D eigenvalue weighted by atomic mass is 19.1. The summed E-state index contributed by atoms with van der Waals surface area (Å²) in [5.41, 5.74) is 3.18. The number of nitrogens with zero attached hydrogens (tertiary/aromatic N) is 5. The first-order valence-electron chi connectivity index (χ1n) is 17.9. The Labute approximate surface area is 307 Å². The third-order valence-corrected chi connectivity index (χ3v) is 10.8. The molecule has 3 aromatic carbocycles. The Bertz CT molecular complexity index is 2150. The Morgan fingerprint density at radius 1 is 1.19 bits per heavy atom. The second kappa shape index (κ2) is 14.6. The minimum absolute atomic E-state index is 0.0252. The molecule has 3 atom stereocenters. The molecule has 3 heterocycles. The maximum absolute atomic E-state index is 15.0. The van der Waals surface area contributed by atoms with Gasteiger partial charge in [-0.15, -0.1) is 6.42 Å². The van der Waals surface area contributed by atoms with Crippen molar-refractivity contribution in [2.45, 2.75) is 63.3 Å². The number of alkyl halides is 1. The average molecular weight is 722 g/mol. The fraction of sp³-hybridized carbons (Fsp3) is 0.357. The fourth-order valence-electron chi connectivity index (χ4n) is 8.14. The van der Waals surface area contributed by atoms with Crippen molar-refractivity contribution < 1.29 is 27.8 Å². The third-order valence-electron chi connectivity index (χ3n) is 10.8. The van der Waals surface area contributed by atoms with E-state index in [1.54, 1.807) is 30.3 Å². The van der Waals surface area contributed by atoms with Gasteiger partial charge in [-0.2, -0.15) is 9.97 Å². The van der Waals surface area contributed by atoms with Crippen LogP contribution in [0.4, 0.5) is 19.0 Å². The van der Waals surface area contributed by atoms with Crippen LogP contribution in [0.5, 0.6) is 11.8 Å². The number of carbonyl (C=O) groups excluding carboxylic acids is 1. The van der Waals surface area contributed by atoms with Crippen molar-refractivity contribution in [3.05, 3.63) is 101 Å². The van der Waals surface area contributed by atoms with Gasteiger partial charge in [-0.1, -0.05) is 30.7 Å². The SMILES string of the molecule is C#Cc1c(F)ccc2cc(O)cc(C3=Cc4nc(OC[C@]5(C)C[C@@H](F)CN5Cc5ccc(F)cc5)nc(N(C)C[C@@H]5CCCN5C(=O)C=C)c4CC3)c12. The zero-order valence-corrected chi connectivity index (χ0v) is 29.9. The summed E-state index contributed by atoms with van der Waals surface area (Å²) < 4.78 is 49.9. The number of hydrogen-bond donors (Lipinski definition) is 1. The second-order valence-corrected chi connectivity index (χ2v) is 14.5. The summed E-state index contributed by atoms with van der Waals surface area (Å²) in [5.74, 6) is 2.21. The van der Waals surface area contributed by atoms with Gasteiger partial charge in [-0.3, -0.25) is 9.69 Å². The van der Waals surface area contributed by atoms with Crippen LogP contribution >= 0.6 is 0 Å². The molecule has 3 aliphatic rings. The van der Waals surface area contributed by atoms with Crippen LogP contribution in [-0.2, 0) is 17.8 Å². The Hall–Kier alpha value is -5.34. The summed E-state index contributed by atoms with van der Waals surface area (Å²) in [4.78, 5) is 28.3. The van der Waals surface area contributed by atoms with Gasteiger partial charge in [0.1, 0.15) is 36.0 Å². The number of benzene rings is 3. The van der Waals surface area contributed by atoms with Gasteiger partial charge in [0, 0.05) is 56.6 Å². The summed E-state index contributed by atoms with van der Waals surface area (Å²) in [6.07, 6.45) is 11.0. The number of ether oxygens (including phenoxy) is 1. The van der Waals surface area contributed by atoms with Gasteiger partial charge in [-0.05, 0) is 97.2 Å². The molecule has 274 valence electrons. The lowest BCUT2D eigenvalue weighted by Crippen LogP contribution is -2.45. The first kappa shape index (κ1) is 36.0. The number of terminal acetylenes is 1. The molecule has 0 saturated carbocycles. The molecule has 2 aliphatic heterocycles. The van der Waals surface area contributed by atoms with E-state index in [0.29, 0.717) is 60.3 Å². The standard InChI is InChI=1S/C42H42F3N5O3/c1-5-33-36(45)16-12-28-18-32(51)20-35(39(28)33)27-11-15-34-37(19-27)46-41(47-40(34)48(4)24-31-8-7-17-50(31)38(52)6-2)53-25-42(3)21-30(44)23-49(42)22-26-9-13-29(43)14-10-26/h1,6,9-10,12-14,16,18-20,30-31,51H,2,7-8,11,15,17,21-25H2,3-4H3/t30-,31+,42+/m1/s1. The lowest BCUT2D eigenvalue weighted by Gasteiger charge is -2.34. The molecule has 1 amide bonds. The predicted octanol–water partition coefficient (Wildman–Crippen LogP) is 7.08. The summed E-state index contributed by atoms with van der Waals surface area (Å²) in [5, 5.41) is 11.8. The number of aromatic nitrogens is 2. The van der Waals surface area contributed by atoms with Gasteiger partial charge in [0.25, 0.3) is 0 Å². The van der Waals surface area contributed by atoms with Crippen molar-refractivity contribution in [3.63, 3.8) is 0 Å². The highest BCUT2D eigenvalue weighted by molar-refractivity contribution is 6.02. The van der Waals surface area contributed by atoms with E-state index in [9.17, 15) is 23.1 Å². The first-order chi connectivity index (χ1) is 25.5. The number of rotatable bonds is 10. The number of amides is 1. The van der Waals surface area contributed by atoms with Crippen LogP contribution < -0.4 is 9.64 Å². The van der Waals surface area contributed by atoms with Gasteiger partial charge < -0.3 is 19.6 Å². The topological polar surface area (TPSA) is 82.0 Å². The van der Waals surface area contributed by atoms with E-state index in [1.807, 2.05) is 34.7 Å². The number of halogens is 3. The number of likely N-dealkylation sites (tertiary alicyclic amines) is 2. The van der Waals surface area contributed by atoms with Gasteiger partial charge >= 0.3 is 6.01 Å². The van der Waals surface area contributed by atoms with Crippen molar-refractivity contribution in [1.29, 1.82) is 0 Å². The Balaban J connectivity index is 1.26. The summed E-state index contributed by atoms with van der Waals surface area (Å²) >= 11 is 0. The number of carbonyl (C=O) groups is 1. The molecule has 53 heavy (non-hydrogen) atoms. The molecule has 0 radical (unpaired) electrons. The monoisotopic (exact) mass is 721 g/mol. The van der Waals surface area contributed by atoms with Crippen LogP contribution in [0.3, 0.4) is 0 Å². The number of aromatic hydroxyl groups is 1. The summed E-state index contributed by atoms with van der Waals surface area (Å²) in [7, 11) is 1.93. The summed E-state index contributed by atoms with van der Waals surface area (Å²) in [6.45, 7) is 7.53. The van der Waals surface area contributed by atoms with Crippen LogP contribution in [0.2, 0.25) is 0 Å². The van der Waals surface area contributed by atoms with E-state index in [1.165, 1.54) is 24.3 Å². The molecule has 8 nitrogen and oxygen atoms in total. The van der Waals surface area contributed by atoms with Crippen LogP contribution in [0.15, 0.2) is 61.2 Å². The van der Waals surface area contributed by atoms with Crippen LogP contribution in [0.1, 0.15) is 60.6 Å². The van der Waals surface area contributed by atoms with E-state index >= 15 is 0 Å². The lowest BCUT2D eigenvalue weighted by atomic mass is 9.87. The second-order valence-electron chi connectivity index (χ2n) is 14.5. The van der Waals surface area contributed by atoms with E-state index in [2.05, 4.69) is 12.5 Å². The van der Waals surface area contributed by atoms with Crippen molar-refractivity contribution >= 4 is 34.1 Å². The largest absolute Gasteiger partial charge is 0.508 e. The predicted molar refractivity (Wildman–Crippen MR) is 200 cm³/mol. The molecule has 2 fully saturated rings. The van der Waals surface area contributed by atoms with Crippen LogP contribution in [0.25, 0.3) is 22.4 Å². The van der Waals surface area contributed by atoms with Crippen molar-refractivity contribution in [2.24, 2.45) is 0 Å². The Morgan fingerprint density at radius 2 is 1.98 bits per heavy atom. The molecule has 1 aromatic heterocycles. The normalized spacial score (nSPS) is 21.3. The maximum Gasteiger partial charge on any atom is 0.318 e. The van der Waals surface area contributed by atoms with Crippen LogP contribution in [0, 0.1) is 24.0 Å². The molecular weight excluding hydrogens is 679 g/mol. The summed E-state index contributed by atoms with van der Waals surface area (Å²) in [6, 6.07) is 12.3. The smallest absolute Gasteiger partial charge is 0.318 e. The zero-order chi connectivity index (χ0) is 37.4. The molecule has 1 aliphatic carbocycles. The lowest BCUT2D eigenvalue weighted by molar-refractivity contribution is -0.126. The molecule has 2 saturated heterocycles. The molecule has 0 unspecified atom stereocenters. The van der Waals surface area contributed by atoms with Gasteiger partial charge in [0.2, 0.25) is 5.91 Å². The number of phenols is 1. The highest BCUT2D eigenvalue weighted by Gasteiger charge is 2.43. The van der Waals surface area contributed by atoms with E-state index in [4.69, 9.17) is 21.1 Å². The quantitative estimate of drug-likeness (QED) is 0.139. The Morgan fingerprint density at radius 3 is 2.74 bits per heavy atom. The number of allylic oxidation sites excluding steroid dienone is 1. The van der Waals surface area contributed by atoms with Gasteiger partial charge in [-0.25, -0.2) is 13.2 Å². The van der Waals surface area contributed by atoms with Crippen molar-refractivity contribution in [3.8, 4) is 24.1 Å². The minimum atomic E-state index is -1.07. The minimum Gasteiger partial charge on any atom is -0.508 e. The third kappa shape index (κ3) is 7.20.